The summed E-state index contributed by atoms with van der Waals surface area (Å²) >= 11 is 0. The standard InChI is InChI=1S/C21H25N7O/c1-3-17-7-5-9-19(15-17)28-20(23-24-25-28)26-10-12-27(13-11-26)21(29)22-18-8-4-6-16(2)14-18/h4-9,14-15H,3,10-13H2,1-2H3,(H,22,29). The molecule has 1 N–H and O–H groups in total. The van der Waals surface area contributed by atoms with Crippen LogP contribution in [0.2, 0.25) is 0 Å². The van der Waals surface area contributed by atoms with Crippen LogP contribution in [0.1, 0.15) is 18.1 Å². The predicted octanol–water partition coefficient (Wildman–Crippen LogP) is 2.89. The van der Waals surface area contributed by atoms with E-state index in [1.807, 2.05) is 48.2 Å². The van der Waals surface area contributed by atoms with Crippen LogP contribution in [0.25, 0.3) is 5.69 Å². The van der Waals surface area contributed by atoms with Crippen LogP contribution >= 0.6 is 0 Å². The smallest absolute Gasteiger partial charge is 0.321 e. The first-order valence-corrected chi connectivity index (χ1v) is 9.89. The van der Waals surface area contributed by atoms with E-state index in [4.69, 9.17) is 0 Å². The molecule has 1 fully saturated rings. The molecule has 1 aliphatic heterocycles. The van der Waals surface area contributed by atoms with Gasteiger partial charge in [-0.25, -0.2) is 4.79 Å². The number of nitrogens with zero attached hydrogens (tertiary/aromatic N) is 6. The van der Waals surface area contributed by atoms with E-state index < -0.39 is 0 Å². The van der Waals surface area contributed by atoms with Crippen LogP contribution in [0.4, 0.5) is 16.4 Å². The minimum absolute atomic E-state index is 0.0783. The van der Waals surface area contributed by atoms with Gasteiger partial charge in [0.15, 0.2) is 0 Å². The zero-order valence-electron chi connectivity index (χ0n) is 16.7. The summed E-state index contributed by atoms with van der Waals surface area (Å²) in [7, 11) is 0. The molecule has 8 nitrogen and oxygen atoms in total. The number of carbonyl (C=O) groups is 1. The van der Waals surface area contributed by atoms with Gasteiger partial charge in [-0.1, -0.05) is 36.3 Å². The number of anilines is 2. The van der Waals surface area contributed by atoms with Crippen molar-refractivity contribution in [2.45, 2.75) is 20.3 Å². The Morgan fingerprint density at radius 1 is 1.07 bits per heavy atom. The summed E-state index contributed by atoms with van der Waals surface area (Å²) < 4.78 is 1.77. The van der Waals surface area contributed by atoms with E-state index >= 15 is 0 Å². The summed E-state index contributed by atoms with van der Waals surface area (Å²) in [5.74, 6) is 0.706. The first kappa shape index (κ1) is 18.9. The molecular formula is C21H25N7O. The molecule has 8 heteroatoms. The van der Waals surface area contributed by atoms with Gasteiger partial charge in [-0.05, 0) is 59.2 Å². The highest BCUT2D eigenvalue weighted by molar-refractivity contribution is 5.89. The number of amides is 2. The third-order valence-corrected chi connectivity index (χ3v) is 5.14. The zero-order valence-corrected chi connectivity index (χ0v) is 16.7. The van der Waals surface area contributed by atoms with Crippen LogP contribution < -0.4 is 10.2 Å². The topological polar surface area (TPSA) is 79.2 Å². The molecule has 0 saturated carbocycles. The summed E-state index contributed by atoms with van der Waals surface area (Å²) in [6.07, 6.45) is 0.958. The highest BCUT2D eigenvalue weighted by atomic mass is 16.2. The number of hydrogen-bond acceptors (Lipinski definition) is 5. The third-order valence-electron chi connectivity index (χ3n) is 5.14. The van der Waals surface area contributed by atoms with Crippen molar-refractivity contribution in [3.8, 4) is 5.69 Å². The molecule has 4 rings (SSSR count). The fourth-order valence-electron chi connectivity index (χ4n) is 3.49. The van der Waals surface area contributed by atoms with Gasteiger partial charge in [-0.2, -0.15) is 4.68 Å². The van der Waals surface area contributed by atoms with E-state index in [1.54, 1.807) is 4.68 Å². The van der Waals surface area contributed by atoms with Crippen molar-refractivity contribution in [3.05, 3.63) is 59.7 Å². The summed E-state index contributed by atoms with van der Waals surface area (Å²) in [5.41, 5.74) is 4.12. The Balaban J connectivity index is 1.41. The molecule has 2 aromatic carbocycles. The maximum Gasteiger partial charge on any atom is 0.321 e. The molecule has 0 bridgehead atoms. The minimum atomic E-state index is -0.0783. The molecule has 0 aliphatic carbocycles. The number of aryl methyl sites for hydroxylation is 2. The van der Waals surface area contributed by atoms with Crippen LogP contribution in [-0.2, 0) is 6.42 Å². The highest BCUT2D eigenvalue weighted by Crippen LogP contribution is 2.19. The fraction of sp³-hybridized carbons (Fsp3) is 0.333. The Bertz CT molecular complexity index is 992. The molecule has 0 radical (unpaired) electrons. The van der Waals surface area contributed by atoms with Crippen LogP contribution in [0.5, 0.6) is 0 Å². The minimum Gasteiger partial charge on any atom is -0.336 e. The van der Waals surface area contributed by atoms with Crippen molar-refractivity contribution in [1.29, 1.82) is 0 Å². The maximum absolute atomic E-state index is 12.6. The fourth-order valence-corrected chi connectivity index (χ4v) is 3.49. The predicted molar refractivity (Wildman–Crippen MR) is 113 cm³/mol. The largest absolute Gasteiger partial charge is 0.336 e. The molecule has 1 saturated heterocycles. The number of rotatable bonds is 4. The highest BCUT2D eigenvalue weighted by Gasteiger charge is 2.25. The van der Waals surface area contributed by atoms with E-state index in [0.717, 1.165) is 23.4 Å². The molecule has 2 amide bonds. The Hall–Kier alpha value is -3.42. The van der Waals surface area contributed by atoms with Crippen molar-refractivity contribution in [2.75, 3.05) is 36.4 Å². The Labute approximate surface area is 170 Å². The second kappa shape index (κ2) is 8.30. The second-order valence-corrected chi connectivity index (χ2v) is 7.19. The van der Waals surface area contributed by atoms with Crippen molar-refractivity contribution in [1.82, 2.24) is 25.1 Å². The Kier molecular flexibility index (Phi) is 5.41. The number of aromatic nitrogens is 4. The van der Waals surface area contributed by atoms with Gasteiger partial charge in [-0.15, -0.1) is 0 Å². The number of urea groups is 1. The second-order valence-electron chi connectivity index (χ2n) is 7.19. The lowest BCUT2D eigenvalue weighted by Crippen LogP contribution is -2.50. The average molecular weight is 391 g/mol. The SMILES string of the molecule is CCc1cccc(-n2nnnc2N2CCN(C(=O)Nc3cccc(C)c3)CC2)c1. The molecule has 150 valence electrons. The van der Waals surface area contributed by atoms with Gasteiger partial charge in [0.2, 0.25) is 5.95 Å². The molecule has 0 spiro atoms. The molecule has 0 unspecified atom stereocenters. The summed E-state index contributed by atoms with van der Waals surface area (Å²) in [6, 6.07) is 16.0. The van der Waals surface area contributed by atoms with Crippen LogP contribution in [0, 0.1) is 6.92 Å². The van der Waals surface area contributed by atoms with Gasteiger partial charge < -0.3 is 15.1 Å². The van der Waals surface area contributed by atoms with Crippen molar-refractivity contribution in [2.24, 2.45) is 0 Å². The third kappa shape index (κ3) is 4.21. The molecule has 1 aliphatic rings. The number of nitrogens with one attached hydrogen (secondary N) is 1. The van der Waals surface area contributed by atoms with Gasteiger partial charge >= 0.3 is 6.03 Å². The van der Waals surface area contributed by atoms with Gasteiger partial charge in [0.1, 0.15) is 0 Å². The number of hydrogen-bond donors (Lipinski definition) is 1. The number of tetrazole rings is 1. The van der Waals surface area contributed by atoms with Crippen molar-refractivity contribution >= 4 is 17.7 Å². The van der Waals surface area contributed by atoms with E-state index in [1.165, 1.54) is 5.56 Å². The molecular weight excluding hydrogens is 366 g/mol. The van der Waals surface area contributed by atoms with Gasteiger partial charge in [0.05, 0.1) is 5.69 Å². The lowest BCUT2D eigenvalue weighted by molar-refractivity contribution is 0.208. The van der Waals surface area contributed by atoms with Crippen LogP contribution in [0.15, 0.2) is 48.5 Å². The number of carbonyl (C=O) groups excluding carboxylic acids is 1. The van der Waals surface area contributed by atoms with E-state index in [0.29, 0.717) is 32.1 Å². The van der Waals surface area contributed by atoms with E-state index in [2.05, 4.69) is 44.8 Å². The van der Waals surface area contributed by atoms with Crippen LogP contribution in [-0.4, -0.2) is 57.3 Å². The molecule has 1 aromatic heterocycles. The molecule has 0 atom stereocenters. The lowest BCUT2D eigenvalue weighted by Gasteiger charge is -2.34. The first-order chi connectivity index (χ1) is 14.1. The summed E-state index contributed by atoms with van der Waals surface area (Å²) in [5, 5.41) is 15.3. The Morgan fingerprint density at radius 3 is 2.62 bits per heavy atom. The van der Waals surface area contributed by atoms with Crippen molar-refractivity contribution in [3.63, 3.8) is 0 Å². The maximum atomic E-state index is 12.6. The van der Waals surface area contributed by atoms with Crippen LogP contribution in [0.3, 0.4) is 0 Å². The lowest BCUT2D eigenvalue weighted by atomic mass is 10.1. The normalized spacial score (nSPS) is 14.1. The van der Waals surface area contributed by atoms with Gasteiger partial charge in [0.25, 0.3) is 0 Å². The van der Waals surface area contributed by atoms with E-state index in [-0.39, 0.29) is 6.03 Å². The quantitative estimate of drug-likeness (QED) is 0.740. The van der Waals surface area contributed by atoms with Gasteiger partial charge in [-0.3, -0.25) is 0 Å². The number of piperazine rings is 1. The Morgan fingerprint density at radius 2 is 1.86 bits per heavy atom. The van der Waals surface area contributed by atoms with Gasteiger partial charge in [0, 0.05) is 31.9 Å². The monoisotopic (exact) mass is 391 g/mol. The first-order valence-electron chi connectivity index (χ1n) is 9.89. The van der Waals surface area contributed by atoms with Crippen molar-refractivity contribution < 1.29 is 4.79 Å². The van der Waals surface area contributed by atoms with E-state index in [9.17, 15) is 4.79 Å². The zero-order chi connectivity index (χ0) is 20.2. The molecule has 3 aromatic rings. The summed E-state index contributed by atoms with van der Waals surface area (Å²) in [6.45, 7) is 6.71. The molecule has 29 heavy (non-hydrogen) atoms. The number of benzene rings is 2. The average Bonchev–Trinajstić information content (AvgIpc) is 3.24. The summed E-state index contributed by atoms with van der Waals surface area (Å²) in [4.78, 5) is 16.5. The molecule has 2 heterocycles.